The van der Waals surface area contributed by atoms with Gasteiger partial charge < -0.3 is 5.32 Å². The lowest BCUT2D eigenvalue weighted by atomic mass is 10.1. The van der Waals surface area contributed by atoms with E-state index in [1.54, 1.807) is 0 Å². The molecule has 5 heteroatoms. The van der Waals surface area contributed by atoms with Crippen molar-refractivity contribution in [1.82, 2.24) is 10.3 Å². The average Bonchev–Trinajstić information content (AvgIpc) is 2.67. The van der Waals surface area contributed by atoms with Gasteiger partial charge in [-0.2, -0.15) is 0 Å². The predicted octanol–water partition coefficient (Wildman–Crippen LogP) is 3.44. The smallest absolute Gasteiger partial charge is 0.321 e. The topological polar surface area (TPSA) is 54.0 Å². The summed E-state index contributed by atoms with van der Waals surface area (Å²) in [7, 11) is 0. The highest BCUT2D eigenvalue weighted by Crippen LogP contribution is 2.30. The van der Waals surface area contributed by atoms with Crippen molar-refractivity contribution in [2.75, 3.05) is 5.32 Å². The van der Waals surface area contributed by atoms with Crippen LogP contribution in [0.5, 0.6) is 0 Å². The minimum atomic E-state index is -0.209. The van der Waals surface area contributed by atoms with Crippen LogP contribution in [0.4, 0.5) is 9.93 Å². The van der Waals surface area contributed by atoms with E-state index in [0.717, 1.165) is 15.8 Å². The second-order valence-corrected chi connectivity index (χ2v) is 5.65. The van der Waals surface area contributed by atoms with Crippen molar-refractivity contribution in [3.63, 3.8) is 0 Å². The number of aryl methyl sites for hydroxylation is 2. The number of carbonyl (C=O) groups excluding carboxylic acids is 1. The minimum absolute atomic E-state index is 0.114. The number of urea groups is 1. The van der Waals surface area contributed by atoms with Gasteiger partial charge in [-0.25, -0.2) is 9.78 Å². The van der Waals surface area contributed by atoms with Crippen molar-refractivity contribution < 1.29 is 4.79 Å². The van der Waals surface area contributed by atoms with E-state index in [1.165, 1.54) is 16.9 Å². The SMILES string of the molecule is Cc1ccc(C)c2sc(NC(=O)NC(C)C)nc12. The summed E-state index contributed by atoms with van der Waals surface area (Å²) in [6.07, 6.45) is 0. The first kappa shape index (κ1) is 12.8. The zero-order valence-electron chi connectivity index (χ0n) is 11.0. The van der Waals surface area contributed by atoms with Crippen LogP contribution in [0, 0.1) is 13.8 Å². The summed E-state index contributed by atoms with van der Waals surface area (Å²) in [5.74, 6) is 0. The number of benzene rings is 1. The molecule has 0 spiro atoms. The lowest BCUT2D eigenvalue weighted by Crippen LogP contribution is -2.34. The van der Waals surface area contributed by atoms with E-state index < -0.39 is 0 Å². The van der Waals surface area contributed by atoms with E-state index >= 15 is 0 Å². The highest BCUT2D eigenvalue weighted by Gasteiger charge is 2.11. The molecule has 0 bridgehead atoms. The maximum Gasteiger partial charge on any atom is 0.321 e. The molecular formula is C13H17N3OS. The van der Waals surface area contributed by atoms with Gasteiger partial charge in [0.25, 0.3) is 0 Å². The van der Waals surface area contributed by atoms with Crippen LogP contribution in [0.3, 0.4) is 0 Å². The minimum Gasteiger partial charge on any atom is -0.336 e. The van der Waals surface area contributed by atoms with Crippen molar-refractivity contribution in [3.8, 4) is 0 Å². The van der Waals surface area contributed by atoms with E-state index in [1.807, 2.05) is 20.8 Å². The van der Waals surface area contributed by atoms with Gasteiger partial charge in [0.2, 0.25) is 0 Å². The highest BCUT2D eigenvalue weighted by molar-refractivity contribution is 7.22. The molecule has 96 valence electrons. The quantitative estimate of drug-likeness (QED) is 0.872. The molecule has 0 unspecified atom stereocenters. The molecule has 0 atom stereocenters. The first-order valence-electron chi connectivity index (χ1n) is 5.91. The fourth-order valence-corrected chi connectivity index (χ4v) is 2.71. The van der Waals surface area contributed by atoms with Crippen LogP contribution in [-0.4, -0.2) is 17.1 Å². The molecule has 0 fully saturated rings. The van der Waals surface area contributed by atoms with Crippen LogP contribution in [0.15, 0.2) is 12.1 Å². The Kier molecular flexibility index (Phi) is 3.52. The monoisotopic (exact) mass is 263 g/mol. The molecule has 0 saturated heterocycles. The fraction of sp³-hybridized carbons (Fsp3) is 0.385. The van der Waals surface area contributed by atoms with Gasteiger partial charge in [0.05, 0.1) is 10.2 Å². The van der Waals surface area contributed by atoms with Crippen molar-refractivity contribution in [2.45, 2.75) is 33.7 Å². The van der Waals surface area contributed by atoms with Crippen LogP contribution >= 0.6 is 11.3 Å². The van der Waals surface area contributed by atoms with Gasteiger partial charge in [0.15, 0.2) is 5.13 Å². The van der Waals surface area contributed by atoms with Crippen LogP contribution < -0.4 is 10.6 Å². The third-order valence-corrected chi connectivity index (χ3v) is 3.69. The third-order valence-electron chi connectivity index (χ3n) is 2.58. The van der Waals surface area contributed by atoms with E-state index in [0.29, 0.717) is 5.13 Å². The van der Waals surface area contributed by atoms with Gasteiger partial charge in [0, 0.05) is 6.04 Å². The molecule has 0 aliphatic carbocycles. The number of anilines is 1. The van der Waals surface area contributed by atoms with Crippen LogP contribution in [0.25, 0.3) is 10.2 Å². The number of aromatic nitrogens is 1. The fourth-order valence-electron chi connectivity index (χ4n) is 1.71. The second kappa shape index (κ2) is 4.94. The maximum absolute atomic E-state index is 11.6. The number of amides is 2. The summed E-state index contributed by atoms with van der Waals surface area (Å²) in [6, 6.07) is 4.03. The summed E-state index contributed by atoms with van der Waals surface area (Å²) >= 11 is 1.51. The van der Waals surface area contributed by atoms with E-state index in [-0.39, 0.29) is 12.1 Å². The van der Waals surface area contributed by atoms with Crippen molar-refractivity contribution in [1.29, 1.82) is 0 Å². The number of hydrogen-bond acceptors (Lipinski definition) is 3. The van der Waals surface area contributed by atoms with Gasteiger partial charge >= 0.3 is 6.03 Å². The Hall–Kier alpha value is -1.62. The molecule has 1 heterocycles. The third kappa shape index (κ3) is 2.61. The van der Waals surface area contributed by atoms with Crippen molar-refractivity contribution >= 4 is 32.7 Å². The van der Waals surface area contributed by atoms with E-state index in [2.05, 4.69) is 34.7 Å². The number of rotatable bonds is 2. The number of fused-ring (bicyclic) bond motifs is 1. The molecule has 0 radical (unpaired) electrons. The number of hydrogen-bond donors (Lipinski definition) is 2. The van der Waals surface area contributed by atoms with Gasteiger partial charge in [-0.3, -0.25) is 5.32 Å². The first-order valence-corrected chi connectivity index (χ1v) is 6.73. The number of nitrogens with one attached hydrogen (secondary N) is 2. The Morgan fingerprint density at radius 1 is 1.28 bits per heavy atom. The Labute approximate surface area is 110 Å². The lowest BCUT2D eigenvalue weighted by Gasteiger charge is -2.07. The Morgan fingerprint density at radius 3 is 2.56 bits per heavy atom. The molecule has 2 amide bonds. The van der Waals surface area contributed by atoms with Gasteiger partial charge in [-0.15, -0.1) is 0 Å². The zero-order valence-corrected chi connectivity index (χ0v) is 11.8. The summed E-state index contributed by atoms with van der Waals surface area (Å²) in [4.78, 5) is 16.1. The lowest BCUT2D eigenvalue weighted by molar-refractivity contribution is 0.250. The summed E-state index contributed by atoms with van der Waals surface area (Å²) in [5, 5.41) is 6.20. The molecule has 4 nitrogen and oxygen atoms in total. The largest absolute Gasteiger partial charge is 0.336 e. The normalized spacial score (nSPS) is 10.9. The molecule has 18 heavy (non-hydrogen) atoms. The van der Waals surface area contributed by atoms with Gasteiger partial charge in [-0.1, -0.05) is 23.5 Å². The van der Waals surface area contributed by atoms with Gasteiger partial charge in [-0.05, 0) is 38.8 Å². The van der Waals surface area contributed by atoms with E-state index in [9.17, 15) is 4.79 Å². The molecule has 2 N–H and O–H groups in total. The predicted molar refractivity (Wildman–Crippen MR) is 76.4 cm³/mol. The molecule has 0 aliphatic rings. The highest BCUT2D eigenvalue weighted by atomic mass is 32.1. The summed E-state index contributed by atoms with van der Waals surface area (Å²) in [5.41, 5.74) is 3.29. The molecule has 1 aromatic carbocycles. The zero-order chi connectivity index (χ0) is 13.3. The Balaban J connectivity index is 2.28. The van der Waals surface area contributed by atoms with Crippen LogP contribution in [0.1, 0.15) is 25.0 Å². The van der Waals surface area contributed by atoms with Crippen LogP contribution in [0.2, 0.25) is 0 Å². The number of thiazole rings is 1. The maximum atomic E-state index is 11.6. The Morgan fingerprint density at radius 2 is 1.94 bits per heavy atom. The second-order valence-electron chi connectivity index (χ2n) is 4.65. The van der Waals surface area contributed by atoms with Gasteiger partial charge in [0.1, 0.15) is 0 Å². The number of nitrogens with zero attached hydrogens (tertiary/aromatic N) is 1. The summed E-state index contributed by atoms with van der Waals surface area (Å²) < 4.78 is 1.13. The molecular weight excluding hydrogens is 246 g/mol. The number of carbonyl (C=O) groups is 1. The molecule has 0 aliphatic heterocycles. The molecule has 1 aromatic heterocycles. The Bertz CT molecular complexity index is 550. The standard InChI is InChI=1S/C13H17N3OS/c1-7(2)14-12(17)16-13-15-10-8(3)5-6-9(4)11(10)18-13/h5-7H,1-4H3,(H2,14,15,16,17). The molecule has 2 aromatic rings. The average molecular weight is 263 g/mol. The molecule has 0 saturated carbocycles. The summed E-state index contributed by atoms with van der Waals surface area (Å²) in [6.45, 7) is 7.93. The van der Waals surface area contributed by atoms with E-state index in [4.69, 9.17) is 0 Å². The van der Waals surface area contributed by atoms with Crippen molar-refractivity contribution in [2.24, 2.45) is 0 Å². The first-order chi connectivity index (χ1) is 8.47. The molecule has 2 rings (SSSR count). The van der Waals surface area contributed by atoms with Crippen LogP contribution in [-0.2, 0) is 0 Å². The van der Waals surface area contributed by atoms with Crippen molar-refractivity contribution in [3.05, 3.63) is 23.3 Å².